The summed E-state index contributed by atoms with van der Waals surface area (Å²) in [5.74, 6) is 0.270. The van der Waals surface area contributed by atoms with Crippen molar-refractivity contribution >= 4 is 28.4 Å². The maximum Gasteiger partial charge on any atom is 0.155 e. The van der Waals surface area contributed by atoms with Gasteiger partial charge in [-0.05, 0) is 24.3 Å². The van der Waals surface area contributed by atoms with Gasteiger partial charge in [0.05, 0.1) is 0 Å². The second-order valence-electron chi connectivity index (χ2n) is 3.71. The largest absolute Gasteiger partial charge is 0.454 e. The Bertz CT molecular complexity index is 741. The first-order valence-electron chi connectivity index (χ1n) is 5.10. The van der Waals surface area contributed by atoms with Gasteiger partial charge in [-0.3, -0.25) is 0 Å². The van der Waals surface area contributed by atoms with Gasteiger partial charge in [-0.15, -0.1) is 0 Å². The summed E-state index contributed by atoms with van der Waals surface area (Å²) in [7, 11) is 0. The molecule has 0 amide bonds. The summed E-state index contributed by atoms with van der Waals surface area (Å²) in [6.07, 6.45) is 1.30. The van der Waals surface area contributed by atoms with E-state index in [0.717, 1.165) is 0 Å². The second kappa shape index (κ2) is 3.96. The van der Waals surface area contributed by atoms with Crippen molar-refractivity contribution in [3.63, 3.8) is 0 Å². The van der Waals surface area contributed by atoms with Gasteiger partial charge in [0.15, 0.2) is 5.76 Å². The van der Waals surface area contributed by atoms with Gasteiger partial charge >= 0.3 is 0 Å². The summed E-state index contributed by atoms with van der Waals surface area (Å²) in [5.41, 5.74) is 6.54. The number of anilines is 1. The van der Waals surface area contributed by atoms with Crippen LogP contribution < -0.4 is 5.73 Å². The van der Waals surface area contributed by atoms with E-state index in [-0.39, 0.29) is 16.7 Å². The fourth-order valence-electron chi connectivity index (χ4n) is 1.69. The van der Waals surface area contributed by atoms with Gasteiger partial charge in [0.1, 0.15) is 34.3 Å². The van der Waals surface area contributed by atoms with Crippen molar-refractivity contribution in [2.45, 2.75) is 0 Å². The molecule has 3 aromatic rings. The van der Waals surface area contributed by atoms with Crippen molar-refractivity contribution < 1.29 is 8.81 Å². The lowest BCUT2D eigenvalue weighted by atomic mass is 10.2. The van der Waals surface area contributed by atoms with E-state index in [1.807, 2.05) is 0 Å². The normalized spacial score (nSPS) is 11.0. The molecular weight excluding hydrogens is 257 g/mol. The van der Waals surface area contributed by atoms with Gasteiger partial charge in [-0.1, -0.05) is 11.6 Å². The molecule has 18 heavy (non-hydrogen) atoms. The molecule has 4 nitrogen and oxygen atoms in total. The van der Waals surface area contributed by atoms with E-state index in [4.69, 9.17) is 21.8 Å². The summed E-state index contributed by atoms with van der Waals surface area (Å²) >= 11 is 6.00. The van der Waals surface area contributed by atoms with E-state index in [1.54, 1.807) is 12.1 Å². The minimum absolute atomic E-state index is 0.174. The highest BCUT2D eigenvalue weighted by Crippen LogP contribution is 2.32. The van der Waals surface area contributed by atoms with Crippen molar-refractivity contribution in [3.8, 4) is 11.5 Å². The van der Waals surface area contributed by atoms with Gasteiger partial charge in [0.2, 0.25) is 0 Å². The minimum atomic E-state index is -0.330. The molecule has 0 saturated carbocycles. The van der Waals surface area contributed by atoms with Gasteiger partial charge < -0.3 is 10.2 Å². The van der Waals surface area contributed by atoms with Crippen LogP contribution in [0.3, 0.4) is 0 Å². The van der Waals surface area contributed by atoms with Crippen molar-refractivity contribution in [1.82, 2.24) is 9.97 Å². The minimum Gasteiger partial charge on any atom is -0.454 e. The molecule has 2 aromatic heterocycles. The van der Waals surface area contributed by atoms with Crippen LogP contribution in [-0.2, 0) is 0 Å². The van der Waals surface area contributed by atoms with Crippen molar-refractivity contribution in [3.05, 3.63) is 41.4 Å². The summed E-state index contributed by atoms with van der Waals surface area (Å²) in [4.78, 5) is 7.78. The first-order valence-corrected chi connectivity index (χ1v) is 5.48. The van der Waals surface area contributed by atoms with E-state index in [2.05, 4.69) is 9.97 Å². The van der Waals surface area contributed by atoms with Crippen LogP contribution in [0.5, 0.6) is 0 Å². The van der Waals surface area contributed by atoms with E-state index in [0.29, 0.717) is 22.4 Å². The monoisotopic (exact) mass is 263 g/mol. The average molecular weight is 264 g/mol. The molecule has 0 fully saturated rings. The molecule has 6 heteroatoms. The lowest BCUT2D eigenvalue weighted by Gasteiger charge is -2.00. The molecule has 0 aliphatic rings. The third-order valence-corrected chi connectivity index (χ3v) is 2.90. The number of nitrogen functional groups attached to an aromatic ring is 1. The predicted octanol–water partition coefficient (Wildman–Crippen LogP) is 3.26. The average Bonchev–Trinajstić information content (AvgIpc) is 2.75. The summed E-state index contributed by atoms with van der Waals surface area (Å²) < 4.78 is 18.6. The Hall–Kier alpha value is -2.14. The molecule has 90 valence electrons. The molecule has 0 unspecified atom stereocenters. The van der Waals surface area contributed by atoms with Gasteiger partial charge in [0.25, 0.3) is 0 Å². The topological polar surface area (TPSA) is 64.9 Å². The predicted molar refractivity (Wildman–Crippen MR) is 66.6 cm³/mol. The molecule has 0 spiro atoms. The maximum absolute atomic E-state index is 13.1. The van der Waals surface area contributed by atoms with Crippen LogP contribution in [0, 0.1) is 5.82 Å². The smallest absolute Gasteiger partial charge is 0.155 e. The number of hydrogen-bond donors (Lipinski definition) is 1. The summed E-state index contributed by atoms with van der Waals surface area (Å²) in [5, 5.41) is 0.857. The third kappa shape index (κ3) is 1.69. The van der Waals surface area contributed by atoms with E-state index >= 15 is 0 Å². The Kier molecular flexibility index (Phi) is 2.41. The molecule has 0 bridgehead atoms. The van der Waals surface area contributed by atoms with Gasteiger partial charge in [-0.2, -0.15) is 0 Å². The SMILES string of the molecule is Nc1ncnc(-c2cc3cc(F)ccc3o2)c1Cl. The lowest BCUT2D eigenvalue weighted by Crippen LogP contribution is -1.94. The highest BCUT2D eigenvalue weighted by atomic mass is 35.5. The summed E-state index contributed by atoms with van der Waals surface area (Å²) in [6.45, 7) is 0. The van der Waals surface area contributed by atoms with Crippen molar-refractivity contribution in [2.24, 2.45) is 0 Å². The Morgan fingerprint density at radius 1 is 1.22 bits per heavy atom. The van der Waals surface area contributed by atoms with Crippen LogP contribution in [0.2, 0.25) is 5.02 Å². The van der Waals surface area contributed by atoms with E-state index in [1.165, 1.54) is 18.5 Å². The van der Waals surface area contributed by atoms with Crippen molar-refractivity contribution in [2.75, 3.05) is 5.73 Å². The standard InChI is InChI=1S/C12H7ClFN3O/c13-10-11(16-5-17-12(10)15)9-4-6-3-7(14)1-2-8(6)18-9/h1-5H,(H2,15,16,17). The fourth-order valence-corrected chi connectivity index (χ4v) is 1.88. The maximum atomic E-state index is 13.1. The number of aromatic nitrogens is 2. The molecule has 0 aliphatic heterocycles. The molecule has 2 N–H and O–H groups in total. The molecule has 0 saturated heterocycles. The van der Waals surface area contributed by atoms with Gasteiger partial charge in [-0.25, -0.2) is 14.4 Å². The molecular formula is C12H7ClFN3O. The molecule has 1 aromatic carbocycles. The zero-order valence-electron chi connectivity index (χ0n) is 9.02. The van der Waals surface area contributed by atoms with Crippen LogP contribution in [0.4, 0.5) is 10.2 Å². The third-order valence-electron chi connectivity index (χ3n) is 2.53. The number of nitrogens with zero attached hydrogens (tertiary/aromatic N) is 2. The first kappa shape index (κ1) is 11.0. The zero-order chi connectivity index (χ0) is 12.7. The molecule has 0 radical (unpaired) electrons. The fraction of sp³-hybridized carbons (Fsp3) is 0. The number of hydrogen-bond acceptors (Lipinski definition) is 4. The Morgan fingerprint density at radius 3 is 2.89 bits per heavy atom. The van der Waals surface area contributed by atoms with Crippen molar-refractivity contribution in [1.29, 1.82) is 0 Å². The van der Waals surface area contributed by atoms with Crippen LogP contribution in [0.15, 0.2) is 35.0 Å². The number of furan rings is 1. The van der Waals surface area contributed by atoms with E-state index in [9.17, 15) is 4.39 Å². The molecule has 0 aliphatic carbocycles. The first-order chi connectivity index (χ1) is 8.65. The van der Waals surface area contributed by atoms with Crippen LogP contribution >= 0.6 is 11.6 Å². The summed E-state index contributed by atoms with van der Waals surface area (Å²) in [6, 6.07) is 5.91. The number of fused-ring (bicyclic) bond motifs is 1. The Morgan fingerprint density at radius 2 is 2.06 bits per heavy atom. The number of halogens is 2. The quantitative estimate of drug-likeness (QED) is 0.732. The second-order valence-corrected chi connectivity index (χ2v) is 4.09. The zero-order valence-corrected chi connectivity index (χ0v) is 9.78. The lowest BCUT2D eigenvalue weighted by molar-refractivity contribution is 0.617. The highest BCUT2D eigenvalue weighted by molar-refractivity contribution is 6.35. The van der Waals surface area contributed by atoms with Crippen LogP contribution in [0.1, 0.15) is 0 Å². The Labute approximate surface area is 106 Å². The number of nitrogens with two attached hydrogens (primary N) is 1. The number of benzene rings is 1. The molecule has 2 heterocycles. The van der Waals surface area contributed by atoms with Crippen LogP contribution in [0.25, 0.3) is 22.4 Å². The molecule has 0 atom stereocenters. The highest BCUT2D eigenvalue weighted by Gasteiger charge is 2.14. The van der Waals surface area contributed by atoms with E-state index < -0.39 is 0 Å². The van der Waals surface area contributed by atoms with Gasteiger partial charge in [0, 0.05) is 5.39 Å². The number of rotatable bonds is 1. The molecule has 3 rings (SSSR count). The Balaban J connectivity index is 2.22. The van der Waals surface area contributed by atoms with Crippen LogP contribution in [-0.4, -0.2) is 9.97 Å².